The number of aryl methyl sites for hydroxylation is 2. The predicted octanol–water partition coefficient (Wildman–Crippen LogP) is 2.81. The Morgan fingerprint density at radius 1 is 1.03 bits per heavy atom. The van der Waals surface area contributed by atoms with E-state index in [1.807, 2.05) is 38.2 Å². The van der Waals surface area contributed by atoms with Gasteiger partial charge < -0.3 is 20.1 Å². The maximum absolute atomic E-state index is 5.63. The number of para-hydroxylation sites is 1. The average molecular weight is 407 g/mol. The number of rotatable bonds is 7. The van der Waals surface area contributed by atoms with Crippen LogP contribution in [0.25, 0.3) is 11.4 Å². The van der Waals surface area contributed by atoms with Crippen LogP contribution in [0, 0.1) is 6.92 Å². The molecule has 0 spiro atoms. The molecule has 0 aliphatic heterocycles. The van der Waals surface area contributed by atoms with Crippen LogP contribution in [-0.2, 0) is 7.05 Å². The molecule has 0 bridgehead atoms. The van der Waals surface area contributed by atoms with Crippen molar-refractivity contribution in [2.45, 2.75) is 6.92 Å². The van der Waals surface area contributed by atoms with Gasteiger partial charge in [0.15, 0.2) is 17.4 Å². The van der Waals surface area contributed by atoms with Gasteiger partial charge in [-0.2, -0.15) is 20.2 Å². The second-order valence-electron chi connectivity index (χ2n) is 6.43. The Kier molecular flexibility index (Phi) is 5.16. The fourth-order valence-corrected chi connectivity index (χ4v) is 2.88. The van der Waals surface area contributed by atoms with Gasteiger partial charge in [-0.25, -0.2) is 4.98 Å². The molecule has 0 saturated heterocycles. The highest BCUT2D eigenvalue weighted by Gasteiger charge is 2.16. The summed E-state index contributed by atoms with van der Waals surface area (Å²) in [7, 11) is 4.94. The molecule has 3 heterocycles. The highest BCUT2D eigenvalue weighted by molar-refractivity contribution is 5.76. The van der Waals surface area contributed by atoms with Gasteiger partial charge in [0.2, 0.25) is 11.8 Å². The van der Waals surface area contributed by atoms with E-state index < -0.39 is 0 Å². The van der Waals surface area contributed by atoms with Gasteiger partial charge in [-0.1, -0.05) is 6.07 Å². The summed E-state index contributed by atoms with van der Waals surface area (Å²) in [6.45, 7) is 1.92. The molecule has 30 heavy (non-hydrogen) atoms. The second-order valence-corrected chi connectivity index (χ2v) is 6.43. The van der Waals surface area contributed by atoms with Gasteiger partial charge in [0.05, 0.1) is 25.5 Å². The number of nitrogens with zero attached hydrogens (tertiary/aromatic N) is 6. The topological polar surface area (TPSA) is 128 Å². The predicted molar refractivity (Wildman–Crippen MR) is 111 cm³/mol. The molecule has 3 N–H and O–H groups in total. The van der Waals surface area contributed by atoms with Crippen LogP contribution < -0.4 is 20.1 Å². The third-order valence-corrected chi connectivity index (χ3v) is 4.18. The van der Waals surface area contributed by atoms with Gasteiger partial charge in [-0.15, -0.1) is 0 Å². The fraction of sp³-hybridized carbons (Fsp3) is 0.211. The van der Waals surface area contributed by atoms with E-state index in [4.69, 9.17) is 9.47 Å². The molecule has 11 nitrogen and oxygen atoms in total. The van der Waals surface area contributed by atoms with Crippen molar-refractivity contribution < 1.29 is 9.47 Å². The van der Waals surface area contributed by atoms with Crippen LogP contribution in [0.1, 0.15) is 5.69 Å². The Hall–Kier alpha value is -4.15. The summed E-state index contributed by atoms with van der Waals surface area (Å²) < 4.78 is 12.6. The molecule has 0 amide bonds. The standard InChI is InChI=1S/C19H21N9O2/c1-11-8-15(26-25-11)22-14-9-16(29-3)24-19(23-14)21-13-7-5-6-12(17(13)30-4)18-20-10-28(2)27-18/h5-10H,1-4H3,(H3,21,22,23,24,25,26). The molecule has 11 heteroatoms. The molecule has 1 aromatic carbocycles. The molecule has 0 unspecified atom stereocenters. The lowest BCUT2D eigenvalue weighted by Gasteiger charge is -2.14. The first-order valence-corrected chi connectivity index (χ1v) is 9.08. The summed E-state index contributed by atoms with van der Waals surface area (Å²) in [5.74, 6) is 3.02. The molecule has 0 fully saturated rings. The van der Waals surface area contributed by atoms with Gasteiger partial charge in [0, 0.05) is 24.9 Å². The van der Waals surface area contributed by atoms with Crippen molar-refractivity contribution in [1.29, 1.82) is 0 Å². The number of aromatic amines is 1. The Morgan fingerprint density at radius 3 is 2.57 bits per heavy atom. The number of nitrogens with one attached hydrogen (secondary N) is 3. The quantitative estimate of drug-likeness (QED) is 0.423. The van der Waals surface area contributed by atoms with Gasteiger partial charge >= 0.3 is 0 Å². The van der Waals surface area contributed by atoms with E-state index >= 15 is 0 Å². The number of hydrogen-bond acceptors (Lipinski definition) is 9. The average Bonchev–Trinajstić information content (AvgIpc) is 3.35. The summed E-state index contributed by atoms with van der Waals surface area (Å²) in [5.41, 5.74) is 2.34. The maximum Gasteiger partial charge on any atom is 0.232 e. The highest BCUT2D eigenvalue weighted by Crippen LogP contribution is 2.36. The number of methoxy groups -OCH3 is 2. The molecule has 4 aromatic rings. The van der Waals surface area contributed by atoms with Crippen LogP contribution in [0.5, 0.6) is 11.6 Å². The van der Waals surface area contributed by atoms with E-state index in [9.17, 15) is 0 Å². The van der Waals surface area contributed by atoms with E-state index in [1.54, 1.807) is 31.3 Å². The normalized spacial score (nSPS) is 10.7. The molecular formula is C19H21N9O2. The smallest absolute Gasteiger partial charge is 0.232 e. The molecule has 0 aliphatic carbocycles. The number of aromatic nitrogens is 7. The first-order chi connectivity index (χ1) is 14.6. The minimum absolute atomic E-state index is 0.327. The second kappa shape index (κ2) is 8.07. The summed E-state index contributed by atoms with van der Waals surface area (Å²) in [5, 5.41) is 17.7. The molecular weight excluding hydrogens is 386 g/mol. The largest absolute Gasteiger partial charge is 0.494 e. The van der Waals surface area contributed by atoms with Crippen molar-refractivity contribution in [2.75, 3.05) is 24.9 Å². The van der Waals surface area contributed by atoms with E-state index in [-0.39, 0.29) is 0 Å². The zero-order chi connectivity index (χ0) is 21.1. The van der Waals surface area contributed by atoms with Gasteiger partial charge in [-0.3, -0.25) is 9.78 Å². The van der Waals surface area contributed by atoms with Crippen molar-refractivity contribution in [1.82, 2.24) is 34.9 Å². The minimum atomic E-state index is 0.327. The fourth-order valence-electron chi connectivity index (χ4n) is 2.88. The number of hydrogen-bond donors (Lipinski definition) is 3. The van der Waals surface area contributed by atoms with Crippen LogP contribution in [0.4, 0.5) is 23.3 Å². The Bertz CT molecular complexity index is 1170. The lowest BCUT2D eigenvalue weighted by Crippen LogP contribution is -2.04. The monoisotopic (exact) mass is 407 g/mol. The highest BCUT2D eigenvalue weighted by atomic mass is 16.5. The van der Waals surface area contributed by atoms with E-state index in [1.165, 1.54) is 0 Å². The van der Waals surface area contributed by atoms with Crippen LogP contribution in [0.3, 0.4) is 0 Å². The molecule has 154 valence electrons. The Morgan fingerprint density at radius 2 is 1.90 bits per heavy atom. The molecule has 3 aromatic heterocycles. The SMILES string of the molecule is COc1cc(Nc2cc(C)[nH]n2)nc(Nc2cccc(-c3ncn(C)n3)c2OC)n1. The zero-order valence-corrected chi connectivity index (χ0v) is 17.0. The maximum atomic E-state index is 5.63. The minimum Gasteiger partial charge on any atom is -0.494 e. The number of anilines is 4. The summed E-state index contributed by atoms with van der Waals surface area (Å²) in [4.78, 5) is 13.2. The van der Waals surface area contributed by atoms with Crippen molar-refractivity contribution in [3.8, 4) is 23.0 Å². The van der Waals surface area contributed by atoms with Gasteiger partial charge in [-0.05, 0) is 19.1 Å². The van der Waals surface area contributed by atoms with Gasteiger partial charge in [0.1, 0.15) is 12.1 Å². The van der Waals surface area contributed by atoms with Crippen molar-refractivity contribution in [3.63, 3.8) is 0 Å². The van der Waals surface area contributed by atoms with Crippen LogP contribution in [0.2, 0.25) is 0 Å². The Labute approximate surface area is 172 Å². The molecule has 4 rings (SSSR count). The molecule has 0 radical (unpaired) electrons. The molecule has 0 saturated carbocycles. The molecule has 0 atom stereocenters. The van der Waals surface area contributed by atoms with Crippen LogP contribution in [-0.4, -0.2) is 49.1 Å². The first-order valence-electron chi connectivity index (χ1n) is 9.08. The van der Waals surface area contributed by atoms with Crippen LogP contribution in [0.15, 0.2) is 36.7 Å². The van der Waals surface area contributed by atoms with E-state index in [0.717, 1.165) is 11.3 Å². The molecule has 0 aliphatic rings. The lowest BCUT2D eigenvalue weighted by atomic mass is 10.1. The number of H-pyrrole nitrogens is 1. The lowest BCUT2D eigenvalue weighted by molar-refractivity contribution is 0.398. The van der Waals surface area contributed by atoms with Gasteiger partial charge in [0.25, 0.3) is 0 Å². The third-order valence-electron chi connectivity index (χ3n) is 4.18. The summed E-state index contributed by atoms with van der Waals surface area (Å²) in [6, 6.07) is 9.17. The van der Waals surface area contributed by atoms with Crippen molar-refractivity contribution in [2.24, 2.45) is 7.05 Å². The van der Waals surface area contributed by atoms with E-state index in [0.29, 0.717) is 40.7 Å². The number of benzene rings is 1. The van der Waals surface area contributed by atoms with Crippen molar-refractivity contribution in [3.05, 3.63) is 42.4 Å². The first kappa shape index (κ1) is 19.2. The van der Waals surface area contributed by atoms with Crippen LogP contribution >= 0.6 is 0 Å². The zero-order valence-electron chi connectivity index (χ0n) is 17.0. The third kappa shape index (κ3) is 3.99. The van der Waals surface area contributed by atoms with Crippen molar-refractivity contribution >= 4 is 23.3 Å². The van der Waals surface area contributed by atoms with E-state index in [2.05, 4.69) is 40.9 Å². The Balaban J connectivity index is 1.67. The number of ether oxygens (including phenoxy) is 2. The summed E-state index contributed by atoms with van der Waals surface area (Å²) >= 11 is 0. The summed E-state index contributed by atoms with van der Waals surface area (Å²) in [6.07, 6.45) is 1.63.